The summed E-state index contributed by atoms with van der Waals surface area (Å²) < 4.78 is 10.8. The van der Waals surface area contributed by atoms with E-state index < -0.39 is 0 Å². The molecule has 0 aliphatic carbocycles. The third kappa shape index (κ3) is 7.71. The van der Waals surface area contributed by atoms with E-state index in [1.807, 2.05) is 20.0 Å². The quantitative estimate of drug-likeness (QED) is 0.222. The first-order chi connectivity index (χ1) is 14.6. The fourth-order valence-electron chi connectivity index (χ4n) is 3.61. The van der Waals surface area contributed by atoms with E-state index in [0.717, 1.165) is 74.2 Å². The number of piperidine rings is 1. The van der Waals surface area contributed by atoms with Crippen LogP contribution in [0.15, 0.2) is 28.6 Å². The number of ether oxygens (including phenoxy) is 2. The Morgan fingerprint density at radius 2 is 1.87 bits per heavy atom. The van der Waals surface area contributed by atoms with Crippen molar-refractivity contribution in [1.82, 2.24) is 15.6 Å². The number of thiazole rings is 1. The van der Waals surface area contributed by atoms with Crippen molar-refractivity contribution in [1.29, 1.82) is 0 Å². The molecule has 1 aromatic heterocycles. The first-order valence-corrected chi connectivity index (χ1v) is 11.4. The maximum Gasteiger partial charge on any atom is 0.191 e. The van der Waals surface area contributed by atoms with Crippen LogP contribution >= 0.6 is 35.3 Å². The number of benzene rings is 1. The summed E-state index contributed by atoms with van der Waals surface area (Å²) in [6.07, 6.45) is 4.16. The average molecular weight is 560 g/mol. The van der Waals surface area contributed by atoms with Crippen molar-refractivity contribution in [3.8, 4) is 11.5 Å². The molecule has 3 rings (SSSR count). The zero-order chi connectivity index (χ0) is 21.3. The van der Waals surface area contributed by atoms with E-state index in [1.54, 1.807) is 25.6 Å². The Morgan fingerprint density at radius 3 is 2.42 bits per heavy atom. The van der Waals surface area contributed by atoms with Gasteiger partial charge in [-0.3, -0.25) is 4.99 Å². The number of nitrogens with one attached hydrogen (secondary N) is 2. The van der Waals surface area contributed by atoms with Crippen molar-refractivity contribution in [3.63, 3.8) is 0 Å². The zero-order valence-corrected chi connectivity index (χ0v) is 22.0. The molecule has 0 amide bonds. The average Bonchev–Trinajstić information content (AvgIpc) is 3.20. The van der Waals surface area contributed by atoms with Gasteiger partial charge in [-0.15, -0.1) is 35.3 Å². The Bertz CT molecular complexity index is 815. The molecule has 2 heterocycles. The standard InChI is InChI=1S/C22H33N5O2S.HI/c1-16-15-30-21(25-16)6-5-9-24-22(23-2)26-17-7-10-27(11-8-17)18-12-19(28-3)14-20(13-18)29-4;/h12-15,17H,5-11H2,1-4H3,(H2,23,24,26);1H. The van der Waals surface area contributed by atoms with Crippen molar-refractivity contribution < 1.29 is 9.47 Å². The zero-order valence-electron chi connectivity index (χ0n) is 18.8. The number of aryl methyl sites for hydroxylation is 2. The van der Waals surface area contributed by atoms with Gasteiger partial charge in [-0.1, -0.05) is 0 Å². The highest BCUT2D eigenvalue weighted by atomic mass is 127. The molecular formula is C22H34IN5O2S. The summed E-state index contributed by atoms with van der Waals surface area (Å²) in [4.78, 5) is 11.3. The number of nitrogens with zero attached hydrogens (tertiary/aromatic N) is 3. The van der Waals surface area contributed by atoms with E-state index in [-0.39, 0.29) is 24.0 Å². The predicted molar refractivity (Wildman–Crippen MR) is 140 cm³/mol. The SMILES string of the molecule is CN=C(NCCCc1nc(C)cs1)NC1CCN(c2cc(OC)cc(OC)c2)CC1.I. The number of halogens is 1. The molecule has 2 N–H and O–H groups in total. The van der Waals surface area contributed by atoms with Crippen LogP contribution in [0.2, 0.25) is 0 Å². The summed E-state index contributed by atoms with van der Waals surface area (Å²) in [6, 6.07) is 6.46. The van der Waals surface area contributed by atoms with Crippen LogP contribution in [0.1, 0.15) is 30.0 Å². The molecule has 0 saturated carbocycles. The Hall–Kier alpha value is -1.75. The van der Waals surface area contributed by atoms with Gasteiger partial charge in [-0.25, -0.2) is 4.98 Å². The van der Waals surface area contributed by atoms with E-state index in [2.05, 4.69) is 43.0 Å². The number of anilines is 1. The minimum absolute atomic E-state index is 0. The molecular weight excluding hydrogens is 525 g/mol. The fraction of sp³-hybridized carbons (Fsp3) is 0.545. The Kier molecular flexibility index (Phi) is 10.7. The van der Waals surface area contributed by atoms with Gasteiger partial charge < -0.3 is 25.0 Å². The molecule has 172 valence electrons. The summed E-state index contributed by atoms with van der Waals surface area (Å²) in [5, 5.41) is 10.3. The van der Waals surface area contributed by atoms with Crippen LogP contribution in [0, 0.1) is 6.92 Å². The molecule has 0 radical (unpaired) electrons. The van der Waals surface area contributed by atoms with Crippen molar-refractivity contribution in [3.05, 3.63) is 34.3 Å². The molecule has 1 saturated heterocycles. The minimum Gasteiger partial charge on any atom is -0.497 e. The lowest BCUT2D eigenvalue weighted by Crippen LogP contribution is -2.49. The smallest absolute Gasteiger partial charge is 0.191 e. The third-order valence-electron chi connectivity index (χ3n) is 5.29. The molecule has 0 atom stereocenters. The van der Waals surface area contributed by atoms with Crippen LogP contribution in [-0.2, 0) is 6.42 Å². The molecule has 0 spiro atoms. The number of hydrogen-bond acceptors (Lipinski definition) is 6. The van der Waals surface area contributed by atoms with Gasteiger partial charge in [0.2, 0.25) is 0 Å². The monoisotopic (exact) mass is 559 g/mol. The highest BCUT2D eigenvalue weighted by molar-refractivity contribution is 14.0. The highest BCUT2D eigenvalue weighted by Gasteiger charge is 2.21. The third-order valence-corrected chi connectivity index (χ3v) is 6.31. The van der Waals surface area contributed by atoms with E-state index in [0.29, 0.717) is 6.04 Å². The lowest BCUT2D eigenvalue weighted by molar-refractivity contribution is 0.393. The second-order valence-electron chi connectivity index (χ2n) is 7.46. The lowest BCUT2D eigenvalue weighted by atomic mass is 10.0. The van der Waals surface area contributed by atoms with Crippen LogP contribution in [0.5, 0.6) is 11.5 Å². The Labute approximate surface area is 206 Å². The van der Waals surface area contributed by atoms with Gasteiger partial charge in [0, 0.05) is 74.1 Å². The normalized spacial score (nSPS) is 14.7. The van der Waals surface area contributed by atoms with E-state index in [9.17, 15) is 0 Å². The molecule has 31 heavy (non-hydrogen) atoms. The van der Waals surface area contributed by atoms with Crippen molar-refractivity contribution in [2.24, 2.45) is 4.99 Å². The van der Waals surface area contributed by atoms with Gasteiger partial charge in [0.25, 0.3) is 0 Å². The second kappa shape index (κ2) is 12.9. The van der Waals surface area contributed by atoms with Gasteiger partial charge in [-0.05, 0) is 26.2 Å². The first-order valence-electron chi connectivity index (χ1n) is 10.5. The molecule has 2 aromatic rings. The van der Waals surface area contributed by atoms with Crippen LogP contribution in [0.25, 0.3) is 0 Å². The van der Waals surface area contributed by atoms with Gasteiger partial charge in [0.05, 0.1) is 19.2 Å². The summed E-state index contributed by atoms with van der Waals surface area (Å²) in [5.74, 6) is 2.52. The van der Waals surface area contributed by atoms with Crippen LogP contribution in [0.3, 0.4) is 0 Å². The van der Waals surface area contributed by atoms with E-state index in [1.165, 1.54) is 5.01 Å². The van der Waals surface area contributed by atoms with Gasteiger partial charge >= 0.3 is 0 Å². The Morgan fingerprint density at radius 1 is 1.19 bits per heavy atom. The van der Waals surface area contributed by atoms with Gasteiger partial charge in [0.15, 0.2) is 5.96 Å². The maximum atomic E-state index is 5.41. The van der Waals surface area contributed by atoms with Crippen LogP contribution in [-0.4, -0.2) is 57.9 Å². The number of aliphatic imine (C=N–C) groups is 1. The highest BCUT2D eigenvalue weighted by Crippen LogP contribution is 2.30. The number of rotatable bonds is 8. The molecule has 7 nitrogen and oxygen atoms in total. The summed E-state index contributed by atoms with van der Waals surface area (Å²) in [5.41, 5.74) is 2.25. The van der Waals surface area contributed by atoms with Crippen LogP contribution < -0.4 is 25.0 Å². The van der Waals surface area contributed by atoms with Crippen LogP contribution in [0.4, 0.5) is 5.69 Å². The number of guanidine groups is 1. The fourth-order valence-corrected chi connectivity index (χ4v) is 4.43. The number of aromatic nitrogens is 1. The molecule has 1 aliphatic heterocycles. The van der Waals surface area contributed by atoms with E-state index in [4.69, 9.17) is 9.47 Å². The summed E-state index contributed by atoms with van der Waals surface area (Å²) in [6.45, 7) is 4.89. The number of hydrogen-bond donors (Lipinski definition) is 2. The number of methoxy groups -OCH3 is 2. The minimum atomic E-state index is 0. The van der Waals surface area contributed by atoms with Crippen molar-refractivity contribution in [2.45, 2.75) is 38.6 Å². The van der Waals surface area contributed by atoms with Crippen molar-refractivity contribution >= 4 is 47.0 Å². The molecule has 0 unspecified atom stereocenters. The molecule has 1 aliphatic rings. The Balaban J connectivity index is 0.00000341. The van der Waals surface area contributed by atoms with Gasteiger partial charge in [0.1, 0.15) is 11.5 Å². The molecule has 9 heteroatoms. The lowest BCUT2D eigenvalue weighted by Gasteiger charge is -2.34. The largest absolute Gasteiger partial charge is 0.497 e. The maximum absolute atomic E-state index is 5.41. The molecule has 1 fully saturated rings. The topological polar surface area (TPSA) is 71.0 Å². The summed E-state index contributed by atoms with van der Waals surface area (Å²) in [7, 11) is 5.20. The molecule has 0 bridgehead atoms. The van der Waals surface area contributed by atoms with Crippen molar-refractivity contribution in [2.75, 3.05) is 45.8 Å². The van der Waals surface area contributed by atoms with E-state index >= 15 is 0 Å². The first kappa shape index (κ1) is 25.5. The summed E-state index contributed by atoms with van der Waals surface area (Å²) >= 11 is 1.74. The van der Waals surface area contributed by atoms with Gasteiger partial charge in [-0.2, -0.15) is 0 Å². The molecule has 1 aromatic carbocycles. The second-order valence-corrected chi connectivity index (χ2v) is 8.40. The predicted octanol–water partition coefficient (Wildman–Crippen LogP) is 3.85.